The summed E-state index contributed by atoms with van der Waals surface area (Å²) in [6.07, 6.45) is 4.42. The Bertz CT molecular complexity index is 758. The van der Waals surface area contributed by atoms with E-state index in [0.29, 0.717) is 12.3 Å². The Kier molecular flexibility index (Phi) is 5.17. The van der Waals surface area contributed by atoms with Crippen molar-refractivity contribution in [3.8, 4) is 5.75 Å². The number of nitrogens with zero attached hydrogens (tertiary/aromatic N) is 1. The van der Waals surface area contributed by atoms with Gasteiger partial charge in [0.05, 0.1) is 6.20 Å². The number of fused-ring (bicyclic) bond motifs is 1. The van der Waals surface area contributed by atoms with Gasteiger partial charge in [0.15, 0.2) is 6.61 Å². The second-order valence-electron chi connectivity index (χ2n) is 6.04. The maximum Gasteiger partial charge on any atom is 0.315 e. The minimum absolute atomic E-state index is 0.0955. The number of aryl methyl sites for hydroxylation is 1. The van der Waals surface area contributed by atoms with Crippen molar-refractivity contribution in [2.24, 2.45) is 5.73 Å². The fourth-order valence-corrected chi connectivity index (χ4v) is 2.85. The zero-order valence-electron chi connectivity index (χ0n) is 13.7. The van der Waals surface area contributed by atoms with E-state index in [2.05, 4.69) is 20.8 Å². The fourth-order valence-electron chi connectivity index (χ4n) is 2.85. The molecule has 0 unspecified atom stereocenters. The van der Waals surface area contributed by atoms with Gasteiger partial charge in [-0.15, -0.1) is 0 Å². The van der Waals surface area contributed by atoms with Gasteiger partial charge in [-0.05, 0) is 36.1 Å². The van der Waals surface area contributed by atoms with E-state index in [9.17, 15) is 9.59 Å². The fraction of sp³-hybridized carbons (Fsp3) is 0.353. The molecule has 1 aliphatic carbocycles. The van der Waals surface area contributed by atoms with Crippen LogP contribution in [-0.4, -0.2) is 34.8 Å². The van der Waals surface area contributed by atoms with E-state index in [1.165, 1.54) is 5.56 Å². The summed E-state index contributed by atoms with van der Waals surface area (Å²) in [5, 5.41) is 12.8. The van der Waals surface area contributed by atoms with Crippen molar-refractivity contribution >= 4 is 11.9 Å². The number of urea groups is 1. The Hall–Kier alpha value is -3.03. The van der Waals surface area contributed by atoms with E-state index < -0.39 is 5.91 Å². The van der Waals surface area contributed by atoms with Gasteiger partial charge >= 0.3 is 6.03 Å². The third kappa shape index (κ3) is 4.72. The summed E-state index contributed by atoms with van der Waals surface area (Å²) >= 11 is 0. The lowest BCUT2D eigenvalue weighted by Crippen LogP contribution is -2.44. The highest BCUT2D eigenvalue weighted by Gasteiger charge is 2.21. The number of amides is 3. The molecule has 3 rings (SSSR count). The third-order valence-electron chi connectivity index (χ3n) is 4.09. The number of rotatable bonds is 6. The second-order valence-corrected chi connectivity index (χ2v) is 6.04. The van der Waals surface area contributed by atoms with E-state index in [4.69, 9.17) is 10.5 Å². The molecule has 3 amide bonds. The molecule has 1 aliphatic rings. The predicted octanol–water partition coefficient (Wildman–Crippen LogP) is 0.630. The number of benzene rings is 1. The lowest BCUT2D eigenvalue weighted by atomic mass is 9.94. The average Bonchev–Trinajstić information content (AvgIpc) is 3.06. The van der Waals surface area contributed by atoms with Crippen LogP contribution in [0.3, 0.4) is 0 Å². The molecule has 0 bridgehead atoms. The predicted molar refractivity (Wildman–Crippen MR) is 90.9 cm³/mol. The number of aromatic amines is 1. The Morgan fingerprint density at radius 1 is 1.40 bits per heavy atom. The van der Waals surface area contributed by atoms with Crippen molar-refractivity contribution in [3.63, 3.8) is 0 Å². The summed E-state index contributed by atoms with van der Waals surface area (Å²) in [4.78, 5) is 22.8. The highest BCUT2D eigenvalue weighted by Crippen LogP contribution is 2.18. The Morgan fingerprint density at radius 2 is 2.28 bits per heavy atom. The average molecular weight is 343 g/mol. The molecule has 5 N–H and O–H groups in total. The molecule has 1 aromatic carbocycles. The maximum atomic E-state index is 12.1. The van der Waals surface area contributed by atoms with Gasteiger partial charge in [0.1, 0.15) is 5.75 Å². The van der Waals surface area contributed by atoms with E-state index in [1.807, 2.05) is 12.3 Å². The standard InChI is InChI=1S/C17H21N5O3/c18-16(23)10-25-14-3-1-2-11(6-14)8-19-17(24)21-13-5-4-12-9-20-22-15(12)7-13/h1-3,6,9,13H,4-5,7-8,10H2,(H2,18,23)(H,20,22)(H2,19,21,24)/t13-/m1/s1. The smallest absolute Gasteiger partial charge is 0.315 e. The summed E-state index contributed by atoms with van der Waals surface area (Å²) < 4.78 is 5.25. The second kappa shape index (κ2) is 7.69. The molecule has 0 aliphatic heterocycles. The lowest BCUT2D eigenvalue weighted by Gasteiger charge is -2.23. The van der Waals surface area contributed by atoms with Crippen molar-refractivity contribution in [3.05, 3.63) is 47.3 Å². The lowest BCUT2D eigenvalue weighted by molar-refractivity contribution is -0.119. The van der Waals surface area contributed by atoms with E-state index in [-0.39, 0.29) is 18.7 Å². The molecule has 25 heavy (non-hydrogen) atoms. The molecule has 1 atom stereocenters. The van der Waals surface area contributed by atoms with Crippen molar-refractivity contribution in [2.75, 3.05) is 6.61 Å². The minimum Gasteiger partial charge on any atom is -0.484 e. The number of H-pyrrole nitrogens is 1. The van der Waals surface area contributed by atoms with Crippen molar-refractivity contribution in [2.45, 2.75) is 31.8 Å². The Labute approximate surface area is 145 Å². The van der Waals surface area contributed by atoms with Crippen LogP contribution in [0.2, 0.25) is 0 Å². The Morgan fingerprint density at radius 3 is 3.12 bits per heavy atom. The number of primary amides is 1. The van der Waals surface area contributed by atoms with Crippen molar-refractivity contribution < 1.29 is 14.3 Å². The van der Waals surface area contributed by atoms with E-state index >= 15 is 0 Å². The number of hydrogen-bond donors (Lipinski definition) is 4. The number of aromatic nitrogens is 2. The van der Waals surface area contributed by atoms with E-state index in [0.717, 1.165) is 30.5 Å². The zero-order valence-corrected chi connectivity index (χ0v) is 13.7. The summed E-state index contributed by atoms with van der Waals surface area (Å²) in [7, 11) is 0. The summed E-state index contributed by atoms with van der Waals surface area (Å²) in [5.41, 5.74) is 8.25. The van der Waals surface area contributed by atoms with Crippen LogP contribution in [0, 0.1) is 0 Å². The number of nitrogens with two attached hydrogens (primary N) is 1. The summed E-state index contributed by atoms with van der Waals surface area (Å²) in [6, 6.07) is 7.05. The van der Waals surface area contributed by atoms with Gasteiger partial charge in [0.2, 0.25) is 0 Å². The van der Waals surface area contributed by atoms with Crippen LogP contribution in [0.15, 0.2) is 30.5 Å². The van der Waals surface area contributed by atoms with Crippen LogP contribution in [0.25, 0.3) is 0 Å². The van der Waals surface area contributed by atoms with Gasteiger partial charge in [0, 0.05) is 24.7 Å². The number of carbonyl (C=O) groups is 2. The molecule has 1 aromatic heterocycles. The molecule has 2 aromatic rings. The van der Waals surface area contributed by atoms with Crippen LogP contribution in [0.5, 0.6) is 5.75 Å². The molecular formula is C17H21N5O3. The molecule has 132 valence electrons. The zero-order chi connectivity index (χ0) is 17.6. The quantitative estimate of drug-likeness (QED) is 0.614. The summed E-state index contributed by atoms with van der Waals surface area (Å²) in [6.45, 7) is 0.191. The van der Waals surface area contributed by atoms with Gasteiger partial charge in [0.25, 0.3) is 5.91 Å². The molecule has 0 spiro atoms. The van der Waals surface area contributed by atoms with Crippen LogP contribution >= 0.6 is 0 Å². The first-order valence-electron chi connectivity index (χ1n) is 8.15. The van der Waals surface area contributed by atoms with Crippen LogP contribution in [0.4, 0.5) is 4.79 Å². The SMILES string of the molecule is NC(=O)COc1cccc(CNC(=O)N[C@@H]2CCc3cn[nH]c3C2)c1. The highest BCUT2D eigenvalue weighted by atomic mass is 16.5. The van der Waals surface area contributed by atoms with Gasteiger partial charge in [-0.2, -0.15) is 5.10 Å². The molecule has 0 saturated carbocycles. The normalized spacial score (nSPS) is 15.9. The van der Waals surface area contributed by atoms with Gasteiger partial charge in [-0.25, -0.2) is 4.79 Å². The Balaban J connectivity index is 1.46. The number of hydrogen-bond acceptors (Lipinski definition) is 4. The van der Waals surface area contributed by atoms with Crippen LogP contribution < -0.4 is 21.1 Å². The number of carbonyl (C=O) groups excluding carboxylic acids is 2. The molecule has 1 heterocycles. The first kappa shape index (κ1) is 16.8. The summed E-state index contributed by atoms with van der Waals surface area (Å²) in [5.74, 6) is 0.00776. The third-order valence-corrected chi connectivity index (χ3v) is 4.09. The monoisotopic (exact) mass is 343 g/mol. The van der Waals surface area contributed by atoms with Crippen LogP contribution in [-0.2, 0) is 24.2 Å². The molecule has 8 nitrogen and oxygen atoms in total. The minimum atomic E-state index is -0.532. The first-order chi connectivity index (χ1) is 12.1. The van der Waals surface area contributed by atoms with Gasteiger partial charge in [-0.3, -0.25) is 9.89 Å². The van der Waals surface area contributed by atoms with Crippen LogP contribution in [0.1, 0.15) is 23.2 Å². The molecule has 0 saturated heterocycles. The number of ether oxygens (including phenoxy) is 1. The van der Waals surface area contributed by atoms with Gasteiger partial charge < -0.3 is 21.1 Å². The van der Waals surface area contributed by atoms with E-state index in [1.54, 1.807) is 18.2 Å². The largest absolute Gasteiger partial charge is 0.484 e. The van der Waals surface area contributed by atoms with Crippen molar-refractivity contribution in [1.82, 2.24) is 20.8 Å². The van der Waals surface area contributed by atoms with Gasteiger partial charge in [-0.1, -0.05) is 12.1 Å². The molecule has 8 heteroatoms. The topological polar surface area (TPSA) is 122 Å². The molecular weight excluding hydrogens is 322 g/mol. The first-order valence-corrected chi connectivity index (χ1v) is 8.15. The maximum absolute atomic E-state index is 12.1. The van der Waals surface area contributed by atoms with Crippen molar-refractivity contribution in [1.29, 1.82) is 0 Å². The number of nitrogens with one attached hydrogen (secondary N) is 3. The molecule has 0 fully saturated rings. The molecule has 0 radical (unpaired) electrons. The highest BCUT2D eigenvalue weighted by molar-refractivity contribution is 5.75.